The molecule has 23 heavy (non-hydrogen) atoms. The number of likely N-dealkylation sites (N-methyl/N-ethyl adjacent to an activating group) is 1. The number of Topliss-reactive ketones (excluding diaryl/α,β-unsaturated/α-hetero) is 1. The molecule has 0 aromatic carbocycles. The first kappa shape index (κ1) is 22.1. The predicted molar refractivity (Wildman–Crippen MR) is 97.6 cm³/mol. The lowest BCUT2D eigenvalue weighted by atomic mass is 10.0. The second kappa shape index (κ2) is 14.7. The SMILES string of the molecule is CCCN(C)CC(=O)NCCCCCCCCCC(=O)C(C)C. The zero-order valence-electron chi connectivity index (χ0n) is 15.8. The van der Waals surface area contributed by atoms with Crippen molar-refractivity contribution in [2.75, 3.05) is 26.7 Å². The lowest BCUT2D eigenvalue weighted by molar-refractivity contribution is -0.122. The maximum atomic E-state index is 11.7. The molecule has 0 rings (SSSR count). The van der Waals surface area contributed by atoms with Crippen LogP contribution in [0.2, 0.25) is 0 Å². The van der Waals surface area contributed by atoms with Crippen molar-refractivity contribution >= 4 is 11.7 Å². The molecule has 0 heterocycles. The number of ketones is 1. The Kier molecular flexibility index (Phi) is 14.1. The number of nitrogens with one attached hydrogen (secondary N) is 1. The van der Waals surface area contributed by atoms with E-state index in [-0.39, 0.29) is 11.8 Å². The zero-order valence-corrected chi connectivity index (χ0v) is 15.8. The van der Waals surface area contributed by atoms with Crippen molar-refractivity contribution in [3.63, 3.8) is 0 Å². The Bertz CT molecular complexity index is 316. The first-order valence-corrected chi connectivity index (χ1v) is 9.45. The van der Waals surface area contributed by atoms with Crippen LogP contribution in [0.15, 0.2) is 0 Å². The maximum absolute atomic E-state index is 11.7. The van der Waals surface area contributed by atoms with Crippen molar-refractivity contribution in [1.29, 1.82) is 0 Å². The fourth-order valence-electron chi connectivity index (χ4n) is 2.59. The van der Waals surface area contributed by atoms with Gasteiger partial charge in [0.2, 0.25) is 5.91 Å². The van der Waals surface area contributed by atoms with Crippen molar-refractivity contribution in [2.24, 2.45) is 5.92 Å². The topological polar surface area (TPSA) is 49.4 Å². The number of amides is 1. The van der Waals surface area contributed by atoms with Crippen LogP contribution in [0.4, 0.5) is 0 Å². The smallest absolute Gasteiger partial charge is 0.234 e. The van der Waals surface area contributed by atoms with E-state index in [9.17, 15) is 9.59 Å². The van der Waals surface area contributed by atoms with Gasteiger partial charge in [0, 0.05) is 18.9 Å². The molecule has 0 saturated carbocycles. The van der Waals surface area contributed by atoms with Crippen molar-refractivity contribution in [1.82, 2.24) is 10.2 Å². The van der Waals surface area contributed by atoms with E-state index < -0.39 is 0 Å². The zero-order chi connectivity index (χ0) is 17.5. The molecule has 1 N–H and O–H groups in total. The Labute approximate surface area is 143 Å². The van der Waals surface area contributed by atoms with Gasteiger partial charge in [0.25, 0.3) is 0 Å². The van der Waals surface area contributed by atoms with Crippen LogP contribution in [0.25, 0.3) is 0 Å². The largest absolute Gasteiger partial charge is 0.355 e. The standard InChI is InChI=1S/C19H38N2O2/c1-5-15-21(4)16-19(23)20-14-12-10-8-6-7-9-11-13-18(22)17(2)3/h17H,5-16H2,1-4H3,(H,20,23). The van der Waals surface area contributed by atoms with Gasteiger partial charge in [-0.25, -0.2) is 0 Å². The number of unbranched alkanes of at least 4 members (excludes halogenated alkanes) is 6. The van der Waals surface area contributed by atoms with E-state index in [1.165, 1.54) is 32.1 Å². The van der Waals surface area contributed by atoms with E-state index in [4.69, 9.17) is 0 Å². The van der Waals surface area contributed by atoms with Gasteiger partial charge in [-0.15, -0.1) is 0 Å². The van der Waals surface area contributed by atoms with E-state index in [1.54, 1.807) is 0 Å². The monoisotopic (exact) mass is 326 g/mol. The highest BCUT2D eigenvalue weighted by atomic mass is 16.2. The Balaban J connectivity index is 3.30. The molecule has 0 saturated heterocycles. The second-order valence-electron chi connectivity index (χ2n) is 6.93. The van der Waals surface area contributed by atoms with Crippen LogP contribution in [-0.4, -0.2) is 43.3 Å². The summed E-state index contributed by atoms with van der Waals surface area (Å²) in [5.41, 5.74) is 0. The molecule has 0 aliphatic rings. The van der Waals surface area contributed by atoms with Gasteiger partial charge >= 0.3 is 0 Å². The van der Waals surface area contributed by atoms with Crippen LogP contribution in [0, 0.1) is 5.92 Å². The molecule has 0 atom stereocenters. The molecule has 0 aromatic heterocycles. The number of carbonyl (C=O) groups excluding carboxylic acids is 2. The average Bonchev–Trinajstić information content (AvgIpc) is 2.48. The maximum Gasteiger partial charge on any atom is 0.234 e. The number of nitrogens with zero attached hydrogens (tertiary/aromatic N) is 1. The van der Waals surface area contributed by atoms with E-state index in [0.29, 0.717) is 12.3 Å². The summed E-state index contributed by atoms with van der Waals surface area (Å²) in [4.78, 5) is 25.2. The summed E-state index contributed by atoms with van der Waals surface area (Å²) < 4.78 is 0. The minimum absolute atomic E-state index is 0.135. The molecule has 0 aliphatic heterocycles. The summed E-state index contributed by atoms with van der Waals surface area (Å²) in [6.07, 6.45) is 9.96. The van der Waals surface area contributed by atoms with Crippen LogP contribution in [0.3, 0.4) is 0 Å². The molecule has 0 spiro atoms. The molecular formula is C19H38N2O2. The normalized spacial score (nSPS) is 11.2. The highest BCUT2D eigenvalue weighted by molar-refractivity contribution is 5.80. The number of hydrogen-bond acceptors (Lipinski definition) is 3. The molecule has 0 aromatic rings. The van der Waals surface area contributed by atoms with E-state index in [0.717, 1.165) is 38.8 Å². The third-order valence-electron chi connectivity index (χ3n) is 4.08. The van der Waals surface area contributed by atoms with Gasteiger partial charge in [0.1, 0.15) is 5.78 Å². The van der Waals surface area contributed by atoms with Gasteiger partial charge in [0.15, 0.2) is 0 Å². The number of rotatable bonds is 15. The van der Waals surface area contributed by atoms with Crippen LogP contribution in [0.1, 0.15) is 78.6 Å². The van der Waals surface area contributed by atoms with Gasteiger partial charge in [-0.05, 0) is 32.9 Å². The van der Waals surface area contributed by atoms with Crippen molar-refractivity contribution in [3.05, 3.63) is 0 Å². The Morgan fingerprint density at radius 3 is 2.09 bits per heavy atom. The Morgan fingerprint density at radius 2 is 1.52 bits per heavy atom. The van der Waals surface area contributed by atoms with E-state index in [1.807, 2.05) is 20.9 Å². The fourth-order valence-corrected chi connectivity index (χ4v) is 2.59. The van der Waals surface area contributed by atoms with E-state index in [2.05, 4.69) is 17.1 Å². The van der Waals surface area contributed by atoms with Crippen molar-refractivity contribution in [3.8, 4) is 0 Å². The molecule has 0 aliphatic carbocycles. The number of hydrogen-bond donors (Lipinski definition) is 1. The van der Waals surface area contributed by atoms with Crippen LogP contribution in [-0.2, 0) is 9.59 Å². The highest BCUT2D eigenvalue weighted by Crippen LogP contribution is 2.10. The summed E-state index contributed by atoms with van der Waals surface area (Å²) >= 11 is 0. The Hall–Kier alpha value is -0.900. The molecule has 1 amide bonds. The summed E-state index contributed by atoms with van der Waals surface area (Å²) in [6.45, 7) is 8.34. The van der Waals surface area contributed by atoms with Gasteiger partial charge in [-0.2, -0.15) is 0 Å². The first-order valence-electron chi connectivity index (χ1n) is 9.45. The molecule has 4 nitrogen and oxygen atoms in total. The molecule has 0 radical (unpaired) electrons. The summed E-state index contributed by atoms with van der Waals surface area (Å²) in [6, 6.07) is 0. The summed E-state index contributed by atoms with van der Waals surface area (Å²) in [5, 5.41) is 2.99. The van der Waals surface area contributed by atoms with Crippen LogP contribution < -0.4 is 5.32 Å². The quantitative estimate of drug-likeness (QED) is 0.466. The summed E-state index contributed by atoms with van der Waals surface area (Å²) in [5.74, 6) is 0.716. The van der Waals surface area contributed by atoms with Gasteiger partial charge in [0.05, 0.1) is 6.54 Å². The van der Waals surface area contributed by atoms with Crippen molar-refractivity contribution < 1.29 is 9.59 Å². The molecule has 4 heteroatoms. The second-order valence-corrected chi connectivity index (χ2v) is 6.93. The van der Waals surface area contributed by atoms with Crippen LogP contribution >= 0.6 is 0 Å². The van der Waals surface area contributed by atoms with E-state index >= 15 is 0 Å². The number of carbonyl (C=O) groups is 2. The van der Waals surface area contributed by atoms with Gasteiger partial charge in [-0.3, -0.25) is 14.5 Å². The van der Waals surface area contributed by atoms with Crippen LogP contribution in [0.5, 0.6) is 0 Å². The molecular weight excluding hydrogens is 288 g/mol. The third kappa shape index (κ3) is 14.4. The predicted octanol–water partition coefficient (Wildman–Crippen LogP) is 3.79. The molecule has 0 fully saturated rings. The minimum atomic E-state index is 0.135. The fraction of sp³-hybridized carbons (Fsp3) is 0.895. The lowest BCUT2D eigenvalue weighted by Crippen LogP contribution is -2.35. The average molecular weight is 327 g/mol. The summed E-state index contributed by atoms with van der Waals surface area (Å²) in [7, 11) is 1.98. The van der Waals surface area contributed by atoms with Gasteiger partial charge in [-0.1, -0.05) is 52.9 Å². The molecule has 136 valence electrons. The van der Waals surface area contributed by atoms with Gasteiger partial charge < -0.3 is 5.32 Å². The highest BCUT2D eigenvalue weighted by Gasteiger charge is 2.06. The molecule has 0 bridgehead atoms. The van der Waals surface area contributed by atoms with Crippen molar-refractivity contribution in [2.45, 2.75) is 78.6 Å². The Morgan fingerprint density at radius 1 is 0.957 bits per heavy atom. The minimum Gasteiger partial charge on any atom is -0.355 e. The molecule has 0 unspecified atom stereocenters. The lowest BCUT2D eigenvalue weighted by Gasteiger charge is -2.14. The first-order chi connectivity index (χ1) is 11.0. The third-order valence-corrected chi connectivity index (χ3v) is 4.08.